The van der Waals surface area contributed by atoms with Gasteiger partial charge in [-0.1, -0.05) is 31.9 Å². The van der Waals surface area contributed by atoms with Gasteiger partial charge in [-0.25, -0.2) is 0 Å². The minimum atomic E-state index is 1.04. The molecule has 1 heterocycles. The van der Waals surface area contributed by atoms with Crippen LogP contribution < -0.4 is 5.32 Å². The number of rotatable bonds is 2. The van der Waals surface area contributed by atoms with E-state index in [-0.39, 0.29) is 0 Å². The second-order valence-electron chi connectivity index (χ2n) is 3.80. The van der Waals surface area contributed by atoms with Crippen LogP contribution in [0.25, 0.3) is 0 Å². The fourth-order valence-corrected chi connectivity index (χ4v) is 3.22. The van der Waals surface area contributed by atoms with Crippen molar-refractivity contribution >= 4 is 31.9 Å². The van der Waals surface area contributed by atoms with Gasteiger partial charge in [-0.3, -0.25) is 4.90 Å². The number of nitrogens with zero attached hydrogens (tertiary/aromatic N) is 1. The van der Waals surface area contributed by atoms with Gasteiger partial charge in [-0.15, -0.1) is 0 Å². The molecule has 0 saturated carbocycles. The summed E-state index contributed by atoms with van der Waals surface area (Å²) in [6, 6.07) is 6.45. The second kappa shape index (κ2) is 5.43. The van der Waals surface area contributed by atoms with Crippen molar-refractivity contribution in [3.8, 4) is 0 Å². The molecule has 2 rings (SSSR count). The molecule has 1 fully saturated rings. The van der Waals surface area contributed by atoms with Crippen LogP contribution in [0.15, 0.2) is 27.1 Å². The molecular formula is C11H14Br2N2. The first kappa shape index (κ1) is 11.6. The minimum absolute atomic E-state index is 1.04. The Labute approximate surface area is 107 Å². The van der Waals surface area contributed by atoms with E-state index in [9.17, 15) is 0 Å². The number of piperazine rings is 1. The third kappa shape index (κ3) is 3.55. The van der Waals surface area contributed by atoms with E-state index in [0.29, 0.717) is 0 Å². The van der Waals surface area contributed by atoms with Crippen LogP contribution in [0.5, 0.6) is 0 Å². The zero-order chi connectivity index (χ0) is 10.7. The summed E-state index contributed by atoms with van der Waals surface area (Å²) in [5, 5.41) is 3.36. The molecule has 0 aliphatic carbocycles. The summed E-state index contributed by atoms with van der Waals surface area (Å²) >= 11 is 7.03. The topological polar surface area (TPSA) is 15.3 Å². The Morgan fingerprint density at radius 1 is 1.07 bits per heavy atom. The van der Waals surface area contributed by atoms with Crippen LogP contribution in [-0.4, -0.2) is 31.1 Å². The molecule has 1 saturated heterocycles. The summed E-state index contributed by atoms with van der Waals surface area (Å²) in [5.74, 6) is 0. The van der Waals surface area contributed by atoms with Crippen molar-refractivity contribution in [2.24, 2.45) is 0 Å². The second-order valence-corrected chi connectivity index (χ2v) is 5.64. The van der Waals surface area contributed by atoms with Crippen LogP contribution >= 0.6 is 31.9 Å². The smallest absolute Gasteiger partial charge is 0.0235 e. The van der Waals surface area contributed by atoms with Crippen LogP contribution in [0.1, 0.15) is 5.56 Å². The van der Waals surface area contributed by atoms with Gasteiger partial charge in [-0.05, 0) is 23.8 Å². The van der Waals surface area contributed by atoms with Crippen LogP contribution in [-0.2, 0) is 6.54 Å². The molecule has 1 N–H and O–H groups in total. The van der Waals surface area contributed by atoms with Crippen LogP contribution in [0.4, 0.5) is 0 Å². The summed E-state index contributed by atoms with van der Waals surface area (Å²) in [4.78, 5) is 2.48. The first-order valence-corrected chi connectivity index (χ1v) is 6.71. The van der Waals surface area contributed by atoms with Crippen LogP contribution in [0, 0.1) is 0 Å². The lowest BCUT2D eigenvalue weighted by molar-refractivity contribution is 0.233. The highest BCUT2D eigenvalue weighted by Gasteiger charge is 2.10. The molecule has 82 valence electrons. The lowest BCUT2D eigenvalue weighted by Crippen LogP contribution is -2.42. The van der Waals surface area contributed by atoms with Gasteiger partial charge < -0.3 is 5.32 Å². The highest BCUT2D eigenvalue weighted by Crippen LogP contribution is 2.21. The number of hydrogen-bond acceptors (Lipinski definition) is 2. The highest BCUT2D eigenvalue weighted by molar-refractivity contribution is 9.11. The average molecular weight is 334 g/mol. The van der Waals surface area contributed by atoms with Crippen molar-refractivity contribution in [3.05, 3.63) is 32.7 Å². The molecule has 0 spiro atoms. The average Bonchev–Trinajstić information content (AvgIpc) is 2.17. The van der Waals surface area contributed by atoms with E-state index in [4.69, 9.17) is 0 Å². The number of benzene rings is 1. The van der Waals surface area contributed by atoms with Crippen molar-refractivity contribution in [3.63, 3.8) is 0 Å². The van der Waals surface area contributed by atoms with Gasteiger partial charge in [0.1, 0.15) is 0 Å². The zero-order valence-electron chi connectivity index (χ0n) is 8.47. The van der Waals surface area contributed by atoms with Gasteiger partial charge in [0.05, 0.1) is 0 Å². The van der Waals surface area contributed by atoms with E-state index in [2.05, 4.69) is 60.3 Å². The molecule has 0 atom stereocenters. The Balaban J connectivity index is 2.02. The van der Waals surface area contributed by atoms with Gasteiger partial charge >= 0.3 is 0 Å². The Hall–Kier alpha value is 0.1000. The van der Waals surface area contributed by atoms with E-state index in [1.54, 1.807) is 0 Å². The third-order valence-corrected chi connectivity index (χ3v) is 3.45. The number of nitrogens with one attached hydrogen (secondary N) is 1. The highest BCUT2D eigenvalue weighted by atomic mass is 79.9. The first-order chi connectivity index (χ1) is 7.24. The molecule has 15 heavy (non-hydrogen) atoms. The Bertz CT molecular complexity index is 315. The first-order valence-electron chi connectivity index (χ1n) is 5.12. The fraction of sp³-hybridized carbons (Fsp3) is 0.455. The van der Waals surface area contributed by atoms with Gasteiger partial charge in [0.15, 0.2) is 0 Å². The van der Waals surface area contributed by atoms with Crippen molar-refractivity contribution < 1.29 is 0 Å². The molecule has 0 amide bonds. The summed E-state index contributed by atoms with van der Waals surface area (Å²) in [6.07, 6.45) is 0. The maximum absolute atomic E-state index is 3.52. The van der Waals surface area contributed by atoms with Crippen molar-refractivity contribution in [2.45, 2.75) is 6.54 Å². The molecule has 2 nitrogen and oxygen atoms in total. The predicted octanol–water partition coefficient (Wildman–Crippen LogP) is 2.62. The van der Waals surface area contributed by atoms with E-state index < -0.39 is 0 Å². The van der Waals surface area contributed by atoms with Crippen LogP contribution in [0.3, 0.4) is 0 Å². The summed E-state index contributed by atoms with van der Waals surface area (Å²) in [7, 11) is 0. The van der Waals surface area contributed by atoms with Gasteiger partial charge in [0, 0.05) is 41.7 Å². The Morgan fingerprint density at radius 3 is 2.27 bits per heavy atom. The normalized spacial score (nSPS) is 18.0. The molecule has 0 aromatic heterocycles. The van der Waals surface area contributed by atoms with E-state index in [1.807, 2.05) is 0 Å². The lowest BCUT2D eigenvalue weighted by Gasteiger charge is -2.27. The molecule has 0 radical (unpaired) electrons. The van der Waals surface area contributed by atoms with Gasteiger partial charge in [0.2, 0.25) is 0 Å². The maximum Gasteiger partial charge on any atom is 0.0235 e. The third-order valence-electron chi connectivity index (χ3n) is 2.54. The molecule has 1 aliphatic heterocycles. The SMILES string of the molecule is Brc1cc(Br)cc(CN2CCNCC2)c1. The lowest BCUT2D eigenvalue weighted by atomic mass is 10.2. The summed E-state index contributed by atoms with van der Waals surface area (Å²) < 4.78 is 2.28. The Morgan fingerprint density at radius 2 is 1.67 bits per heavy atom. The molecule has 1 aromatic rings. The predicted molar refractivity (Wildman–Crippen MR) is 70.0 cm³/mol. The number of hydrogen-bond donors (Lipinski definition) is 1. The van der Waals surface area contributed by atoms with Crippen molar-refractivity contribution in [1.82, 2.24) is 10.2 Å². The van der Waals surface area contributed by atoms with Crippen molar-refractivity contribution in [2.75, 3.05) is 26.2 Å². The maximum atomic E-state index is 3.52. The molecule has 1 aliphatic rings. The molecule has 0 bridgehead atoms. The molecule has 1 aromatic carbocycles. The van der Waals surface area contributed by atoms with Gasteiger partial charge in [0.25, 0.3) is 0 Å². The number of halogens is 2. The largest absolute Gasteiger partial charge is 0.314 e. The van der Waals surface area contributed by atoms with Crippen LogP contribution in [0.2, 0.25) is 0 Å². The summed E-state index contributed by atoms with van der Waals surface area (Å²) in [5.41, 5.74) is 1.36. The van der Waals surface area contributed by atoms with Crippen molar-refractivity contribution in [1.29, 1.82) is 0 Å². The van der Waals surface area contributed by atoms with E-state index in [1.165, 1.54) is 5.56 Å². The zero-order valence-corrected chi connectivity index (χ0v) is 11.6. The molecule has 0 unspecified atom stereocenters. The Kier molecular flexibility index (Phi) is 4.20. The monoisotopic (exact) mass is 332 g/mol. The minimum Gasteiger partial charge on any atom is -0.314 e. The molecule has 4 heteroatoms. The van der Waals surface area contributed by atoms with Gasteiger partial charge in [-0.2, -0.15) is 0 Å². The standard InChI is InChI=1S/C11H14Br2N2/c12-10-5-9(6-11(13)7-10)8-15-3-1-14-2-4-15/h5-7,14H,1-4,8H2. The quantitative estimate of drug-likeness (QED) is 0.895. The fourth-order valence-electron chi connectivity index (χ4n) is 1.83. The summed E-state index contributed by atoms with van der Waals surface area (Å²) in [6.45, 7) is 5.54. The van der Waals surface area contributed by atoms with E-state index >= 15 is 0 Å². The van der Waals surface area contributed by atoms with E-state index in [0.717, 1.165) is 41.7 Å². The molecular weight excluding hydrogens is 320 g/mol.